The van der Waals surface area contributed by atoms with Crippen molar-refractivity contribution in [3.63, 3.8) is 0 Å². The summed E-state index contributed by atoms with van der Waals surface area (Å²) in [5.74, 6) is -0.653. The van der Waals surface area contributed by atoms with Gasteiger partial charge in [-0.3, -0.25) is 4.90 Å². The van der Waals surface area contributed by atoms with Gasteiger partial charge in [0.1, 0.15) is 5.75 Å². The van der Waals surface area contributed by atoms with Crippen molar-refractivity contribution in [2.75, 3.05) is 16.3 Å². The lowest BCUT2D eigenvalue weighted by Gasteiger charge is -2.33. The first-order chi connectivity index (χ1) is 11.9. The van der Waals surface area contributed by atoms with Gasteiger partial charge < -0.3 is 9.84 Å². The van der Waals surface area contributed by atoms with Crippen LogP contribution in [0.1, 0.15) is 6.92 Å². The second-order valence-electron chi connectivity index (χ2n) is 5.43. The molecule has 1 aliphatic heterocycles. The second kappa shape index (κ2) is 6.85. The summed E-state index contributed by atoms with van der Waals surface area (Å²) >= 11 is 7.19. The third kappa shape index (κ3) is 3.52. The molecule has 0 spiro atoms. The van der Waals surface area contributed by atoms with Gasteiger partial charge in [-0.05, 0) is 55.3 Å². The van der Waals surface area contributed by atoms with Crippen LogP contribution >= 0.6 is 23.5 Å². The number of benzene rings is 2. The number of anilines is 2. The number of rotatable bonds is 4. The van der Waals surface area contributed by atoms with E-state index >= 15 is 0 Å². The smallest absolute Gasteiger partial charge is 0.344 e. The molecule has 2 aromatic carbocycles. The van der Waals surface area contributed by atoms with E-state index in [9.17, 15) is 9.59 Å². The molecular weight excluding hydrogens is 364 g/mol. The molecule has 1 aliphatic rings. The number of aliphatic carboxylic acids is 1. The maximum atomic E-state index is 12.7. The molecule has 3 rings (SSSR count). The number of carbonyl (C=O) groups is 2. The minimum absolute atomic E-state index is 0.219. The van der Waals surface area contributed by atoms with Crippen LogP contribution in [0.4, 0.5) is 16.2 Å². The molecule has 130 valence electrons. The average molecular weight is 379 g/mol. The number of carbonyl (C=O) groups excluding carboxylic acids is 1. The maximum Gasteiger partial charge on any atom is 0.344 e. The van der Waals surface area contributed by atoms with E-state index in [1.165, 1.54) is 23.8 Å². The highest BCUT2D eigenvalue weighted by molar-refractivity contribution is 8.01. The number of carboxylic acids is 1. The zero-order valence-corrected chi connectivity index (χ0v) is 15.0. The summed E-state index contributed by atoms with van der Waals surface area (Å²) in [5.41, 5.74) is 1.38. The first kappa shape index (κ1) is 17.4. The van der Waals surface area contributed by atoms with Crippen molar-refractivity contribution < 1.29 is 19.4 Å². The molecule has 0 fully saturated rings. The largest absolute Gasteiger partial charge is 0.479 e. The van der Waals surface area contributed by atoms with Crippen LogP contribution in [0.15, 0.2) is 47.4 Å². The molecular formula is C17H15ClN2O4S. The van der Waals surface area contributed by atoms with Crippen molar-refractivity contribution in [2.45, 2.75) is 17.9 Å². The third-order valence-corrected chi connectivity index (χ3v) is 5.01. The molecule has 25 heavy (non-hydrogen) atoms. The number of hydrogen-bond donors (Lipinski definition) is 1. The summed E-state index contributed by atoms with van der Waals surface area (Å²) in [6, 6.07) is 11.9. The van der Waals surface area contributed by atoms with Gasteiger partial charge in [-0.15, -0.1) is 0 Å². The van der Waals surface area contributed by atoms with Gasteiger partial charge in [0.2, 0.25) is 0 Å². The first-order valence-corrected chi connectivity index (χ1v) is 8.57. The van der Waals surface area contributed by atoms with Crippen molar-refractivity contribution in [1.29, 1.82) is 0 Å². The molecule has 0 bridgehead atoms. The fraction of sp³-hybridized carbons (Fsp3) is 0.176. The van der Waals surface area contributed by atoms with Crippen molar-refractivity contribution in [3.05, 3.63) is 47.5 Å². The van der Waals surface area contributed by atoms with Crippen LogP contribution in [-0.2, 0) is 4.79 Å². The lowest BCUT2D eigenvalue weighted by molar-refractivity contribution is -0.144. The molecule has 0 saturated carbocycles. The fourth-order valence-electron chi connectivity index (χ4n) is 2.28. The summed E-state index contributed by atoms with van der Waals surface area (Å²) in [4.78, 5) is 26.0. The van der Waals surface area contributed by atoms with Crippen LogP contribution in [0.2, 0.25) is 5.02 Å². The normalized spacial score (nSPS) is 14.9. The Hall–Kier alpha value is -2.38. The molecule has 6 nitrogen and oxygen atoms in total. The Labute approximate surface area is 154 Å². The van der Waals surface area contributed by atoms with Crippen LogP contribution in [0, 0.1) is 0 Å². The second-order valence-corrected chi connectivity index (χ2v) is 6.86. The first-order valence-electron chi connectivity index (χ1n) is 7.41. The minimum Gasteiger partial charge on any atom is -0.479 e. The van der Waals surface area contributed by atoms with Crippen LogP contribution < -0.4 is 13.9 Å². The van der Waals surface area contributed by atoms with E-state index in [1.54, 1.807) is 53.8 Å². The number of fused-ring (bicyclic) bond motifs is 1. The number of amides is 2. The van der Waals surface area contributed by atoms with E-state index in [2.05, 4.69) is 0 Å². The van der Waals surface area contributed by atoms with Gasteiger partial charge in [-0.25, -0.2) is 13.9 Å². The highest BCUT2D eigenvalue weighted by atomic mass is 35.5. The van der Waals surface area contributed by atoms with Gasteiger partial charge in [0.05, 0.1) is 16.3 Å². The molecule has 8 heteroatoms. The van der Waals surface area contributed by atoms with E-state index < -0.39 is 12.1 Å². The molecule has 2 amide bonds. The SMILES string of the molecule is C[C@@H](Oc1ccc2c(c1)N(C)C(=O)N(c1ccc(Cl)cc1)S2)C(=O)O. The van der Waals surface area contributed by atoms with Crippen LogP contribution in [0.3, 0.4) is 0 Å². The Morgan fingerprint density at radius 1 is 1.24 bits per heavy atom. The minimum atomic E-state index is -1.05. The zero-order valence-electron chi connectivity index (χ0n) is 13.5. The van der Waals surface area contributed by atoms with Gasteiger partial charge in [0, 0.05) is 18.1 Å². The molecule has 2 aromatic rings. The molecule has 1 heterocycles. The molecule has 0 saturated heterocycles. The quantitative estimate of drug-likeness (QED) is 0.804. The van der Waals surface area contributed by atoms with Crippen molar-refractivity contribution in [1.82, 2.24) is 0 Å². The summed E-state index contributed by atoms with van der Waals surface area (Å²) in [7, 11) is 1.66. The Morgan fingerprint density at radius 3 is 2.56 bits per heavy atom. The molecule has 0 radical (unpaired) electrons. The lowest BCUT2D eigenvalue weighted by atomic mass is 10.2. The van der Waals surface area contributed by atoms with E-state index in [0.29, 0.717) is 16.5 Å². The number of halogens is 1. The standard InChI is InChI=1S/C17H15ClN2O4S/c1-10(16(21)22)24-13-7-8-15-14(9-13)19(2)17(23)20(25-15)12-5-3-11(18)4-6-12/h3-10H,1-2H3,(H,21,22)/t10-/m1/s1. The molecule has 0 unspecified atom stereocenters. The van der Waals surface area contributed by atoms with Gasteiger partial charge in [0.15, 0.2) is 6.10 Å². The number of hydrogen-bond acceptors (Lipinski definition) is 4. The molecule has 0 aliphatic carbocycles. The summed E-state index contributed by atoms with van der Waals surface area (Å²) in [6.45, 7) is 1.45. The van der Waals surface area contributed by atoms with E-state index in [1.807, 2.05) is 0 Å². The molecule has 0 aromatic heterocycles. The topological polar surface area (TPSA) is 70.1 Å². The van der Waals surface area contributed by atoms with Crippen molar-refractivity contribution >= 4 is 46.9 Å². The van der Waals surface area contributed by atoms with E-state index in [-0.39, 0.29) is 6.03 Å². The van der Waals surface area contributed by atoms with Gasteiger partial charge in [-0.1, -0.05) is 11.6 Å². The van der Waals surface area contributed by atoms with Crippen molar-refractivity contribution in [3.8, 4) is 5.75 Å². The zero-order chi connectivity index (χ0) is 18.1. The Balaban J connectivity index is 1.89. The highest BCUT2D eigenvalue weighted by Gasteiger charge is 2.30. The van der Waals surface area contributed by atoms with Gasteiger partial charge in [-0.2, -0.15) is 0 Å². The summed E-state index contributed by atoms with van der Waals surface area (Å²) in [5, 5.41) is 9.54. The van der Waals surface area contributed by atoms with Crippen LogP contribution in [-0.4, -0.2) is 30.3 Å². The van der Waals surface area contributed by atoms with Crippen molar-refractivity contribution in [2.24, 2.45) is 0 Å². The molecule has 1 atom stereocenters. The third-order valence-electron chi connectivity index (χ3n) is 3.66. The Morgan fingerprint density at radius 2 is 1.92 bits per heavy atom. The van der Waals surface area contributed by atoms with Gasteiger partial charge >= 0.3 is 12.0 Å². The van der Waals surface area contributed by atoms with E-state index in [4.69, 9.17) is 21.4 Å². The highest BCUT2D eigenvalue weighted by Crippen LogP contribution is 2.42. The summed E-state index contributed by atoms with van der Waals surface area (Å²) in [6.07, 6.45) is -0.971. The predicted molar refractivity (Wildman–Crippen MR) is 97.8 cm³/mol. The fourth-order valence-corrected chi connectivity index (χ4v) is 3.45. The number of urea groups is 1. The maximum absolute atomic E-state index is 12.7. The predicted octanol–water partition coefficient (Wildman–Crippen LogP) is 4.28. The molecule has 1 N–H and O–H groups in total. The van der Waals surface area contributed by atoms with Crippen LogP contribution in [0.25, 0.3) is 0 Å². The monoisotopic (exact) mass is 378 g/mol. The Kier molecular flexibility index (Phi) is 4.78. The number of nitrogens with zero attached hydrogens (tertiary/aromatic N) is 2. The van der Waals surface area contributed by atoms with Gasteiger partial charge in [0.25, 0.3) is 0 Å². The summed E-state index contributed by atoms with van der Waals surface area (Å²) < 4.78 is 6.94. The Bertz CT molecular complexity index is 828. The average Bonchev–Trinajstić information content (AvgIpc) is 2.59. The number of carboxylic acid groups (broad SMARTS) is 1. The number of ether oxygens (including phenoxy) is 1. The van der Waals surface area contributed by atoms with E-state index in [0.717, 1.165) is 10.6 Å². The lowest BCUT2D eigenvalue weighted by Crippen LogP contribution is -2.40. The van der Waals surface area contributed by atoms with Crippen LogP contribution in [0.5, 0.6) is 5.75 Å².